The maximum atomic E-state index is 12.5. The van der Waals surface area contributed by atoms with Crippen LogP contribution in [0.3, 0.4) is 0 Å². The zero-order valence-corrected chi connectivity index (χ0v) is 11.6. The first-order valence-electron chi connectivity index (χ1n) is 6.00. The Morgan fingerprint density at radius 1 is 1.28 bits per heavy atom. The van der Waals surface area contributed by atoms with Gasteiger partial charge >= 0.3 is 0 Å². The number of carbonyl (C=O) groups is 1. The molecule has 0 fully saturated rings. The molecule has 0 saturated heterocycles. The van der Waals surface area contributed by atoms with E-state index in [9.17, 15) is 4.79 Å². The van der Waals surface area contributed by atoms with E-state index in [2.05, 4.69) is 13.0 Å². The van der Waals surface area contributed by atoms with Crippen molar-refractivity contribution in [2.24, 2.45) is 7.05 Å². The van der Waals surface area contributed by atoms with Crippen molar-refractivity contribution in [3.63, 3.8) is 0 Å². The minimum Gasteiger partial charge on any atom is -0.345 e. The van der Waals surface area contributed by atoms with Crippen molar-refractivity contribution in [1.29, 1.82) is 0 Å². The van der Waals surface area contributed by atoms with Gasteiger partial charge in [0.05, 0.1) is 5.69 Å². The molecule has 3 heteroatoms. The largest absolute Gasteiger partial charge is 0.345 e. The molecule has 94 valence electrons. The van der Waals surface area contributed by atoms with Gasteiger partial charge in [0.25, 0.3) is 0 Å². The molecule has 0 N–H and O–H groups in total. The molecule has 0 amide bonds. The number of ketones is 1. The Morgan fingerprint density at radius 3 is 2.39 bits per heavy atom. The number of nitrogens with zero attached hydrogens (tertiary/aromatic N) is 1. The topological polar surface area (TPSA) is 22.0 Å². The average Bonchev–Trinajstić information content (AvgIpc) is 2.64. The Morgan fingerprint density at radius 2 is 1.89 bits per heavy atom. The summed E-state index contributed by atoms with van der Waals surface area (Å²) in [4.78, 5) is 12.5. The molecule has 2 aromatic rings. The summed E-state index contributed by atoms with van der Waals surface area (Å²) in [6, 6.07) is 9.09. The lowest BCUT2D eigenvalue weighted by Crippen LogP contribution is -2.10. The molecule has 0 radical (unpaired) electrons. The fourth-order valence-corrected chi connectivity index (χ4v) is 2.36. The molecule has 2 rings (SSSR count). The molecule has 0 aliphatic heterocycles. The molecule has 0 aliphatic rings. The van der Waals surface area contributed by atoms with E-state index < -0.39 is 0 Å². The summed E-state index contributed by atoms with van der Waals surface area (Å²) in [6.45, 7) is 4.06. The number of hydrogen-bond donors (Lipinski definition) is 0. The maximum Gasteiger partial charge on any atom is 0.209 e. The second-order valence-electron chi connectivity index (χ2n) is 4.42. The molecule has 0 spiro atoms. The van der Waals surface area contributed by atoms with Crippen LogP contribution in [0.5, 0.6) is 0 Å². The Hall–Kier alpha value is -1.54. The van der Waals surface area contributed by atoms with Crippen LogP contribution in [0.25, 0.3) is 0 Å². The zero-order valence-electron chi connectivity index (χ0n) is 10.8. The third kappa shape index (κ3) is 2.21. The Bertz CT molecular complexity index is 581. The number of benzene rings is 1. The van der Waals surface area contributed by atoms with E-state index >= 15 is 0 Å². The molecular weight excluding hydrogens is 246 g/mol. The van der Waals surface area contributed by atoms with Gasteiger partial charge in [-0.25, -0.2) is 0 Å². The van der Waals surface area contributed by atoms with Crippen LogP contribution in [0, 0.1) is 6.92 Å². The van der Waals surface area contributed by atoms with Crippen molar-refractivity contribution in [3.05, 3.63) is 57.9 Å². The predicted octanol–water partition coefficient (Wildman–Crippen LogP) is 3.78. The van der Waals surface area contributed by atoms with Crippen molar-refractivity contribution in [2.45, 2.75) is 20.3 Å². The van der Waals surface area contributed by atoms with Gasteiger partial charge in [-0.2, -0.15) is 0 Å². The van der Waals surface area contributed by atoms with E-state index in [4.69, 9.17) is 11.6 Å². The first kappa shape index (κ1) is 12.9. The summed E-state index contributed by atoms with van der Waals surface area (Å²) in [7, 11) is 1.94. The van der Waals surface area contributed by atoms with Gasteiger partial charge in [-0.3, -0.25) is 4.79 Å². The third-order valence-electron chi connectivity index (χ3n) is 3.21. The number of hydrogen-bond acceptors (Lipinski definition) is 1. The lowest BCUT2D eigenvalue weighted by atomic mass is 10.1. The highest BCUT2D eigenvalue weighted by Gasteiger charge is 2.17. The van der Waals surface area contributed by atoms with Crippen molar-refractivity contribution in [1.82, 2.24) is 4.57 Å². The summed E-state index contributed by atoms with van der Waals surface area (Å²) in [5.74, 6) is 0.0476. The second-order valence-corrected chi connectivity index (χ2v) is 4.85. The van der Waals surface area contributed by atoms with Gasteiger partial charge < -0.3 is 4.57 Å². The van der Waals surface area contributed by atoms with Crippen LogP contribution in [-0.2, 0) is 13.5 Å². The Labute approximate surface area is 112 Å². The fraction of sp³-hybridized carbons (Fsp3) is 0.267. The molecule has 0 bridgehead atoms. The monoisotopic (exact) mass is 261 g/mol. The van der Waals surface area contributed by atoms with Crippen LogP contribution in [0.4, 0.5) is 0 Å². The minimum atomic E-state index is 0.0476. The minimum absolute atomic E-state index is 0.0476. The van der Waals surface area contributed by atoms with Gasteiger partial charge in [0.15, 0.2) is 0 Å². The SMILES string of the molecule is CCc1cc(C)c(C(=O)c2ccc(Cl)cc2)n1C. The number of halogens is 1. The van der Waals surface area contributed by atoms with Gasteiger partial charge in [-0.05, 0) is 49.2 Å². The van der Waals surface area contributed by atoms with Crippen LogP contribution < -0.4 is 0 Å². The van der Waals surface area contributed by atoms with Crippen molar-refractivity contribution >= 4 is 17.4 Å². The van der Waals surface area contributed by atoms with Gasteiger partial charge in [0, 0.05) is 23.3 Å². The first-order chi connectivity index (χ1) is 8.54. The highest BCUT2D eigenvalue weighted by atomic mass is 35.5. The van der Waals surface area contributed by atoms with Crippen molar-refractivity contribution in [2.75, 3.05) is 0 Å². The Balaban J connectivity index is 2.46. The number of aromatic nitrogens is 1. The summed E-state index contributed by atoms with van der Waals surface area (Å²) in [6.07, 6.45) is 0.922. The standard InChI is InChI=1S/C15H16ClNO/c1-4-13-9-10(2)14(17(13)3)15(18)11-5-7-12(16)8-6-11/h5-9H,4H2,1-3H3. The normalized spacial score (nSPS) is 10.7. The molecule has 0 unspecified atom stereocenters. The lowest BCUT2D eigenvalue weighted by molar-refractivity contribution is 0.103. The van der Waals surface area contributed by atoms with Crippen LogP contribution in [0.2, 0.25) is 5.02 Å². The quantitative estimate of drug-likeness (QED) is 0.771. The smallest absolute Gasteiger partial charge is 0.209 e. The molecule has 0 atom stereocenters. The highest BCUT2D eigenvalue weighted by Crippen LogP contribution is 2.19. The summed E-state index contributed by atoms with van der Waals surface area (Å²) in [5.41, 5.74) is 3.62. The average molecular weight is 262 g/mol. The van der Waals surface area contributed by atoms with E-state index in [1.54, 1.807) is 24.3 Å². The number of rotatable bonds is 3. The highest BCUT2D eigenvalue weighted by molar-refractivity contribution is 6.30. The molecular formula is C15H16ClNO. The van der Waals surface area contributed by atoms with Crippen molar-refractivity contribution < 1.29 is 4.79 Å². The van der Waals surface area contributed by atoms with E-state index in [1.807, 2.05) is 18.5 Å². The molecule has 1 heterocycles. The van der Waals surface area contributed by atoms with Gasteiger partial charge in [-0.15, -0.1) is 0 Å². The molecule has 2 nitrogen and oxygen atoms in total. The maximum absolute atomic E-state index is 12.5. The van der Waals surface area contributed by atoms with E-state index in [0.29, 0.717) is 10.6 Å². The van der Waals surface area contributed by atoms with E-state index in [0.717, 1.165) is 17.7 Å². The number of carbonyl (C=O) groups excluding carboxylic acids is 1. The van der Waals surface area contributed by atoms with Crippen molar-refractivity contribution in [3.8, 4) is 0 Å². The molecule has 0 saturated carbocycles. The second kappa shape index (κ2) is 4.99. The molecule has 18 heavy (non-hydrogen) atoms. The van der Waals surface area contributed by atoms with Gasteiger partial charge in [-0.1, -0.05) is 18.5 Å². The third-order valence-corrected chi connectivity index (χ3v) is 3.46. The molecule has 0 aliphatic carbocycles. The molecule has 1 aromatic heterocycles. The van der Waals surface area contributed by atoms with Crippen LogP contribution in [-0.4, -0.2) is 10.4 Å². The fourth-order valence-electron chi connectivity index (χ4n) is 2.23. The summed E-state index contributed by atoms with van der Waals surface area (Å²) >= 11 is 5.83. The Kier molecular flexibility index (Phi) is 3.58. The molecule has 1 aromatic carbocycles. The lowest BCUT2D eigenvalue weighted by Gasteiger charge is -2.07. The van der Waals surface area contributed by atoms with E-state index in [-0.39, 0.29) is 5.78 Å². The van der Waals surface area contributed by atoms with Gasteiger partial charge in [0.1, 0.15) is 0 Å². The number of aryl methyl sites for hydroxylation is 2. The van der Waals surface area contributed by atoms with E-state index in [1.165, 1.54) is 5.69 Å². The first-order valence-corrected chi connectivity index (χ1v) is 6.37. The van der Waals surface area contributed by atoms with Gasteiger partial charge in [0.2, 0.25) is 5.78 Å². The van der Waals surface area contributed by atoms with Crippen LogP contribution >= 0.6 is 11.6 Å². The summed E-state index contributed by atoms with van der Waals surface area (Å²) < 4.78 is 1.98. The summed E-state index contributed by atoms with van der Waals surface area (Å²) in [5, 5.41) is 0.643. The zero-order chi connectivity index (χ0) is 13.3. The van der Waals surface area contributed by atoms with Crippen LogP contribution in [0.1, 0.15) is 34.2 Å². The predicted molar refractivity (Wildman–Crippen MR) is 74.4 cm³/mol. The van der Waals surface area contributed by atoms with Crippen LogP contribution in [0.15, 0.2) is 30.3 Å².